The molecule has 1 aromatic rings. The van der Waals surface area contributed by atoms with E-state index in [9.17, 15) is 0 Å². The van der Waals surface area contributed by atoms with Gasteiger partial charge in [0.2, 0.25) is 0 Å². The van der Waals surface area contributed by atoms with Crippen molar-refractivity contribution in [1.29, 1.82) is 0 Å². The Hall–Kier alpha value is -0.0288. The summed E-state index contributed by atoms with van der Waals surface area (Å²) in [7, 11) is -1.35. The third-order valence-corrected chi connectivity index (χ3v) is 1.54. The van der Waals surface area contributed by atoms with Gasteiger partial charge in [-0.25, -0.2) is 0 Å². The van der Waals surface area contributed by atoms with Crippen LogP contribution in [0.2, 0.25) is 0 Å². The Balaban J connectivity index is -0.000000403. The average Bonchev–Trinajstić information content (AvgIpc) is 1.85. The summed E-state index contributed by atoms with van der Waals surface area (Å²) in [5, 5.41) is 17.7. The molecule has 62 valence electrons. The fourth-order valence-corrected chi connectivity index (χ4v) is 1.16. The van der Waals surface area contributed by atoms with E-state index in [0.717, 1.165) is 11.1 Å². The first-order chi connectivity index (χ1) is 5.09. The number of rotatable bonds is 1. The molecule has 0 aromatic heterocycles. The largest absolute Gasteiger partial charge is 2.00 e. The van der Waals surface area contributed by atoms with E-state index in [0.29, 0.717) is 5.46 Å². The Kier molecular flexibility index (Phi) is 4.85. The molecule has 0 radical (unpaired) electrons. The molecule has 0 bridgehead atoms. The van der Waals surface area contributed by atoms with Gasteiger partial charge in [-0.15, -0.1) is 0 Å². The van der Waals surface area contributed by atoms with Crippen LogP contribution < -0.4 is 5.46 Å². The second-order valence-electron chi connectivity index (χ2n) is 2.79. The van der Waals surface area contributed by atoms with Gasteiger partial charge in [0.05, 0.1) is 0 Å². The van der Waals surface area contributed by atoms with Crippen molar-refractivity contribution < 1.29 is 12.9 Å². The molecule has 2 nitrogen and oxygen atoms in total. The van der Waals surface area contributed by atoms with E-state index in [1.807, 2.05) is 19.9 Å². The van der Waals surface area contributed by atoms with Crippen molar-refractivity contribution in [3.8, 4) is 0 Å². The Morgan fingerprint density at radius 1 is 1.08 bits per heavy atom. The van der Waals surface area contributed by atoms with E-state index < -0.39 is 7.12 Å². The van der Waals surface area contributed by atoms with Crippen molar-refractivity contribution in [2.24, 2.45) is 0 Å². The molecule has 1 rings (SSSR count). The predicted molar refractivity (Wildman–Crippen MR) is 53.7 cm³/mol. The maximum atomic E-state index is 8.83. The first kappa shape index (κ1) is 12.0. The molecule has 0 aliphatic heterocycles. The molecule has 0 heterocycles. The number of hydrogen-bond acceptors (Lipinski definition) is 2. The summed E-state index contributed by atoms with van der Waals surface area (Å²) in [6.07, 6.45) is 0. The van der Waals surface area contributed by atoms with E-state index in [2.05, 4.69) is 0 Å². The van der Waals surface area contributed by atoms with Crippen LogP contribution in [0.15, 0.2) is 18.2 Å². The zero-order chi connectivity index (χ0) is 8.43. The molecular weight excluding hydrogens is 163 g/mol. The number of aryl methyl sites for hydroxylation is 2. The van der Waals surface area contributed by atoms with Crippen LogP contribution >= 0.6 is 0 Å². The van der Waals surface area contributed by atoms with E-state index in [1.165, 1.54) is 0 Å². The number of hydrogen-bond donors (Lipinski definition) is 2. The van der Waals surface area contributed by atoms with Crippen LogP contribution in [0.4, 0.5) is 0 Å². The molecule has 0 amide bonds. The van der Waals surface area contributed by atoms with E-state index in [-0.39, 0.29) is 25.9 Å². The summed E-state index contributed by atoms with van der Waals surface area (Å²) in [6.45, 7) is 3.86. The van der Waals surface area contributed by atoms with E-state index in [4.69, 9.17) is 10.0 Å². The van der Waals surface area contributed by atoms with Gasteiger partial charge in [0.1, 0.15) is 0 Å². The van der Waals surface area contributed by atoms with Crippen LogP contribution in [0.5, 0.6) is 0 Å². The smallest absolute Gasteiger partial charge is 1.00 e. The molecule has 12 heavy (non-hydrogen) atoms. The molecule has 0 saturated heterocycles. The first-order valence-electron chi connectivity index (χ1n) is 3.54. The van der Waals surface area contributed by atoms with Crippen molar-refractivity contribution in [2.75, 3.05) is 0 Å². The van der Waals surface area contributed by atoms with Gasteiger partial charge in [0, 0.05) is 0 Å². The third kappa shape index (κ3) is 3.15. The van der Waals surface area contributed by atoms with Crippen LogP contribution in [-0.2, 0) is 0 Å². The summed E-state index contributed by atoms with van der Waals surface area (Å²) in [5.74, 6) is 0. The maximum Gasteiger partial charge on any atom is 2.00 e. The summed E-state index contributed by atoms with van der Waals surface area (Å²) in [6, 6.07) is 5.52. The molecule has 4 heteroatoms. The second kappa shape index (κ2) is 4.87. The molecule has 0 aliphatic carbocycles. The minimum absolute atomic E-state index is 0. The SMILES string of the molecule is Cc1cc(C)cc(B(O)O)c1.[H-].[H-].[Mg+2]. The van der Waals surface area contributed by atoms with Crippen molar-refractivity contribution in [3.05, 3.63) is 29.3 Å². The topological polar surface area (TPSA) is 40.5 Å². The Bertz CT molecular complexity index is 251. The van der Waals surface area contributed by atoms with Gasteiger partial charge in [-0.2, -0.15) is 0 Å². The van der Waals surface area contributed by atoms with Crippen molar-refractivity contribution in [3.63, 3.8) is 0 Å². The quantitative estimate of drug-likeness (QED) is 0.583. The second-order valence-corrected chi connectivity index (χ2v) is 2.79. The van der Waals surface area contributed by atoms with Crippen LogP contribution in [0.3, 0.4) is 0 Å². The molecule has 0 spiro atoms. The summed E-state index contributed by atoms with van der Waals surface area (Å²) < 4.78 is 0. The molecule has 0 saturated carbocycles. The van der Waals surface area contributed by atoms with Crippen molar-refractivity contribution in [2.45, 2.75) is 13.8 Å². The predicted octanol–water partition coefficient (Wildman–Crippen LogP) is -0.173. The maximum absolute atomic E-state index is 8.83. The molecule has 0 aliphatic rings. The van der Waals surface area contributed by atoms with Crippen molar-refractivity contribution in [1.82, 2.24) is 0 Å². The fraction of sp³-hybridized carbons (Fsp3) is 0.250. The van der Waals surface area contributed by atoms with E-state index >= 15 is 0 Å². The molecule has 0 fully saturated rings. The van der Waals surface area contributed by atoms with Gasteiger partial charge in [-0.05, 0) is 19.3 Å². The third-order valence-electron chi connectivity index (χ3n) is 1.54. The van der Waals surface area contributed by atoms with Gasteiger partial charge in [0.25, 0.3) is 0 Å². The minimum Gasteiger partial charge on any atom is -1.00 e. The fourth-order valence-electron chi connectivity index (χ4n) is 1.16. The zero-order valence-electron chi connectivity index (χ0n) is 9.41. The number of benzene rings is 1. The van der Waals surface area contributed by atoms with Crippen LogP contribution in [0.1, 0.15) is 14.0 Å². The van der Waals surface area contributed by atoms with Crippen LogP contribution in [0, 0.1) is 13.8 Å². The van der Waals surface area contributed by atoms with Gasteiger partial charge >= 0.3 is 30.2 Å². The molecule has 1 aromatic carbocycles. The minimum atomic E-state index is -1.35. The standard InChI is InChI=1S/C8H11BO2.Mg.2H/c1-6-3-7(2)5-8(4-6)9(10)11;;;/h3-5,10-11H,1-2H3;;;/q;+2;2*-1. The molecule has 0 unspecified atom stereocenters. The van der Waals surface area contributed by atoms with Gasteiger partial charge in [-0.1, -0.05) is 29.3 Å². The normalized spacial score (nSPS) is 9.00. The first-order valence-corrected chi connectivity index (χ1v) is 3.54. The Labute approximate surface area is 91.9 Å². The van der Waals surface area contributed by atoms with Gasteiger partial charge < -0.3 is 12.9 Å². The van der Waals surface area contributed by atoms with E-state index in [1.54, 1.807) is 12.1 Å². The van der Waals surface area contributed by atoms with Crippen molar-refractivity contribution >= 4 is 35.6 Å². The summed E-state index contributed by atoms with van der Waals surface area (Å²) >= 11 is 0. The Morgan fingerprint density at radius 2 is 1.50 bits per heavy atom. The zero-order valence-corrected chi connectivity index (χ0v) is 8.83. The summed E-state index contributed by atoms with van der Waals surface area (Å²) in [5.41, 5.74) is 2.66. The Morgan fingerprint density at radius 3 is 1.83 bits per heavy atom. The monoisotopic (exact) mass is 176 g/mol. The van der Waals surface area contributed by atoms with Crippen LogP contribution in [0.25, 0.3) is 0 Å². The average molecular weight is 176 g/mol. The summed E-state index contributed by atoms with van der Waals surface area (Å²) in [4.78, 5) is 0. The molecule has 2 N–H and O–H groups in total. The van der Waals surface area contributed by atoms with Gasteiger partial charge in [-0.3, -0.25) is 0 Å². The molecular formula is C8H13BMgO2. The molecule has 0 atom stereocenters. The van der Waals surface area contributed by atoms with Gasteiger partial charge in [0.15, 0.2) is 0 Å². The van der Waals surface area contributed by atoms with Crippen LogP contribution in [-0.4, -0.2) is 40.2 Å².